The first-order valence-electron chi connectivity index (χ1n) is 8.84. The molecule has 4 nitrogen and oxygen atoms in total. The summed E-state index contributed by atoms with van der Waals surface area (Å²) in [6.45, 7) is 5.43. The van der Waals surface area contributed by atoms with E-state index in [1.54, 1.807) is 0 Å². The highest BCUT2D eigenvalue weighted by atomic mass is 16.3. The lowest BCUT2D eigenvalue weighted by molar-refractivity contribution is 0.129. The summed E-state index contributed by atoms with van der Waals surface area (Å²) in [4.78, 5) is 11.0. The van der Waals surface area contributed by atoms with Crippen molar-refractivity contribution >= 4 is 16.6 Å². The Hall–Kier alpha value is -2.46. The van der Waals surface area contributed by atoms with Crippen molar-refractivity contribution in [2.75, 3.05) is 18.0 Å². The van der Waals surface area contributed by atoms with E-state index in [0.29, 0.717) is 6.54 Å². The lowest BCUT2D eigenvalue weighted by Gasteiger charge is -2.37. The number of aliphatic hydroxyl groups is 1. The van der Waals surface area contributed by atoms with Gasteiger partial charge in [0.1, 0.15) is 11.6 Å². The molecule has 0 bridgehead atoms. The molecule has 0 unspecified atom stereocenters. The Balaban J connectivity index is 1.57. The second-order valence-corrected chi connectivity index (χ2v) is 6.94. The summed E-state index contributed by atoms with van der Waals surface area (Å²) in [5, 5.41) is 13.3. The molecule has 0 saturated carbocycles. The highest BCUT2D eigenvalue weighted by Crippen LogP contribution is 2.32. The minimum atomic E-state index is -0.399. The van der Waals surface area contributed by atoms with E-state index in [2.05, 4.69) is 57.3 Å². The number of β-amino-alcohol motifs (C(OH)–C–C–N with tert-alkyl or cyclic N) is 1. The van der Waals surface area contributed by atoms with Gasteiger partial charge in [-0.15, -0.1) is 0 Å². The van der Waals surface area contributed by atoms with Crippen LogP contribution in [0.15, 0.2) is 48.7 Å². The number of hydrogen-bond donors (Lipinski definition) is 1. The lowest BCUT2D eigenvalue weighted by atomic mass is 9.86. The molecule has 3 aromatic rings. The normalized spacial score (nSPS) is 20.8. The number of piperidine rings is 1. The van der Waals surface area contributed by atoms with Crippen LogP contribution in [0.4, 0.5) is 5.82 Å². The van der Waals surface area contributed by atoms with E-state index >= 15 is 0 Å². The molecule has 1 saturated heterocycles. The molecule has 2 atom stereocenters. The zero-order valence-corrected chi connectivity index (χ0v) is 14.7. The van der Waals surface area contributed by atoms with Gasteiger partial charge in [-0.2, -0.15) is 0 Å². The quantitative estimate of drug-likeness (QED) is 0.778. The summed E-state index contributed by atoms with van der Waals surface area (Å²) < 4.78 is 0. The van der Waals surface area contributed by atoms with Crippen molar-refractivity contribution in [3.8, 4) is 0 Å². The Morgan fingerprint density at radius 1 is 1.08 bits per heavy atom. The largest absolute Gasteiger partial charge is 0.391 e. The van der Waals surface area contributed by atoms with Gasteiger partial charge in [-0.25, -0.2) is 9.97 Å². The summed E-state index contributed by atoms with van der Waals surface area (Å²) in [5.41, 5.74) is 2.28. The fourth-order valence-corrected chi connectivity index (χ4v) is 3.79. The van der Waals surface area contributed by atoms with Gasteiger partial charge in [0.05, 0.1) is 6.10 Å². The van der Waals surface area contributed by atoms with Crippen LogP contribution in [0.5, 0.6) is 0 Å². The van der Waals surface area contributed by atoms with Gasteiger partial charge in [0.15, 0.2) is 0 Å². The number of anilines is 1. The van der Waals surface area contributed by atoms with Crippen LogP contribution in [0.1, 0.15) is 29.3 Å². The molecule has 1 fully saturated rings. The van der Waals surface area contributed by atoms with Gasteiger partial charge in [-0.1, -0.05) is 42.5 Å². The highest BCUT2D eigenvalue weighted by molar-refractivity contribution is 5.83. The van der Waals surface area contributed by atoms with Crippen LogP contribution in [-0.2, 0) is 0 Å². The third kappa shape index (κ3) is 3.10. The van der Waals surface area contributed by atoms with Gasteiger partial charge in [0.2, 0.25) is 0 Å². The first kappa shape index (κ1) is 16.0. The predicted octanol–water partition coefficient (Wildman–Crippen LogP) is 3.60. The Bertz CT molecular complexity index is 909. The second kappa shape index (κ2) is 6.45. The van der Waals surface area contributed by atoms with Gasteiger partial charge < -0.3 is 10.0 Å². The van der Waals surface area contributed by atoms with E-state index in [-0.39, 0.29) is 5.92 Å². The van der Waals surface area contributed by atoms with Gasteiger partial charge in [0, 0.05) is 30.8 Å². The van der Waals surface area contributed by atoms with Crippen LogP contribution in [-0.4, -0.2) is 34.3 Å². The lowest BCUT2D eigenvalue weighted by Crippen LogP contribution is -2.43. The molecule has 0 amide bonds. The molecule has 2 aromatic carbocycles. The van der Waals surface area contributed by atoms with Crippen molar-refractivity contribution in [1.29, 1.82) is 0 Å². The van der Waals surface area contributed by atoms with Crippen molar-refractivity contribution in [3.05, 3.63) is 65.6 Å². The number of rotatable bonds is 2. The van der Waals surface area contributed by atoms with E-state index in [1.807, 2.05) is 20.0 Å². The standard InChI is InChI=1S/C21H23N3O/c1-14-12-22-15(2)23-21(14)24-10-9-19(20(25)13-24)18-8-7-16-5-3-4-6-17(16)11-18/h3-8,11-12,19-20,25H,9-10,13H2,1-2H3/t19-,20+/m1/s1. The molecule has 4 heteroatoms. The number of aromatic nitrogens is 2. The average Bonchev–Trinajstić information content (AvgIpc) is 2.63. The molecule has 1 aliphatic heterocycles. The maximum absolute atomic E-state index is 10.8. The number of benzene rings is 2. The average molecular weight is 333 g/mol. The Kier molecular flexibility index (Phi) is 4.14. The second-order valence-electron chi connectivity index (χ2n) is 6.94. The highest BCUT2D eigenvalue weighted by Gasteiger charge is 2.30. The van der Waals surface area contributed by atoms with Crippen LogP contribution in [0.3, 0.4) is 0 Å². The van der Waals surface area contributed by atoms with E-state index in [9.17, 15) is 5.11 Å². The Morgan fingerprint density at radius 2 is 1.88 bits per heavy atom. The topological polar surface area (TPSA) is 49.2 Å². The summed E-state index contributed by atoms with van der Waals surface area (Å²) >= 11 is 0. The molecule has 0 aliphatic carbocycles. The van der Waals surface area contributed by atoms with Gasteiger partial charge >= 0.3 is 0 Å². The molecule has 128 valence electrons. The minimum Gasteiger partial charge on any atom is -0.391 e. The minimum absolute atomic E-state index is 0.170. The fraction of sp³-hybridized carbons (Fsp3) is 0.333. The van der Waals surface area contributed by atoms with Crippen molar-refractivity contribution in [3.63, 3.8) is 0 Å². The molecule has 0 radical (unpaired) electrons. The molecule has 1 N–H and O–H groups in total. The monoisotopic (exact) mass is 333 g/mol. The number of nitrogens with zero attached hydrogens (tertiary/aromatic N) is 3. The SMILES string of the molecule is Cc1ncc(C)c(N2CC[C@H](c3ccc4ccccc4c3)[C@@H](O)C2)n1. The Morgan fingerprint density at radius 3 is 2.68 bits per heavy atom. The fourth-order valence-electron chi connectivity index (χ4n) is 3.79. The Labute approximate surface area is 148 Å². The number of fused-ring (bicyclic) bond motifs is 1. The van der Waals surface area contributed by atoms with Gasteiger partial charge in [0.25, 0.3) is 0 Å². The third-order valence-electron chi connectivity index (χ3n) is 5.15. The van der Waals surface area contributed by atoms with Crippen LogP contribution in [0.2, 0.25) is 0 Å². The van der Waals surface area contributed by atoms with E-state index in [0.717, 1.165) is 30.2 Å². The molecule has 1 aliphatic rings. The number of hydrogen-bond acceptors (Lipinski definition) is 4. The van der Waals surface area contributed by atoms with Gasteiger partial charge in [-0.3, -0.25) is 0 Å². The van der Waals surface area contributed by atoms with Crippen LogP contribution < -0.4 is 4.90 Å². The maximum atomic E-state index is 10.8. The first-order valence-corrected chi connectivity index (χ1v) is 8.84. The molecule has 4 rings (SSSR count). The number of aliphatic hydroxyl groups excluding tert-OH is 1. The summed E-state index contributed by atoms with van der Waals surface area (Å²) in [6.07, 6.45) is 2.38. The molecule has 0 spiro atoms. The predicted molar refractivity (Wildman–Crippen MR) is 101 cm³/mol. The van der Waals surface area contributed by atoms with Crippen LogP contribution >= 0.6 is 0 Å². The van der Waals surface area contributed by atoms with E-state index in [1.165, 1.54) is 16.3 Å². The van der Waals surface area contributed by atoms with E-state index < -0.39 is 6.10 Å². The molecule has 1 aromatic heterocycles. The van der Waals surface area contributed by atoms with Crippen molar-refractivity contribution < 1.29 is 5.11 Å². The molecule has 2 heterocycles. The van der Waals surface area contributed by atoms with Crippen LogP contribution in [0.25, 0.3) is 10.8 Å². The third-order valence-corrected chi connectivity index (χ3v) is 5.15. The zero-order valence-electron chi connectivity index (χ0n) is 14.7. The van der Waals surface area contributed by atoms with Gasteiger partial charge in [-0.05, 0) is 36.6 Å². The molecule has 25 heavy (non-hydrogen) atoms. The van der Waals surface area contributed by atoms with Crippen molar-refractivity contribution in [1.82, 2.24) is 9.97 Å². The summed E-state index contributed by atoms with van der Waals surface area (Å²) in [5.74, 6) is 1.89. The van der Waals surface area contributed by atoms with E-state index in [4.69, 9.17) is 0 Å². The van der Waals surface area contributed by atoms with Crippen molar-refractivity contribution in [2.24, 2.45) is 0 Å². The summed E-state index contributed by atoms with van der Waals surface area (Å²) in [7, 11) is 0. The first-order chi connectivity index (χ1) is 12.1. The van der Waals surface area contributed by atoms with Crippen molar-refractivity contribution in [2.45, 2.75) is 32.3 Å². The smallest absolute Gasteiger partial charge is 0.135 e. The van der Waals surface area contributed by atoms with Crippen LogP contribution in [0, 0.1) is 13.8 Å². The maximum Gasteiger partial charge on any atom is 0.135 e. The molecular formula is C21H23N3O. The summed E-state index contributed by atoms with van der Waals surface area (Å²) in [6, 6.07) is 14.9. The number of aryl methyl sites for hydroxylation is 2. The molecular weight excluding hydrogens is 310 g/mol. The zero-order chi connectivity index (χ0) is 17.4.